The Morgan fingerprint density at radius 1 is 1.20 bits per heavy atom. The van der Waals surface area contributed by atoms with E-state index < -0.39 is 12.3 Å². The Bertz CT molecular complexity index is 104. The lowest BCUT2D eigenvalue weighted by Crippen LogP contribution is -2.37. The molecular formula is C7H11F2I. The van der Waals surface area contributed by atoms with Crippen molar-refractivity contribution in [3.63, 3.8) is 0 Å². The van der Waals surface area contributed by atoms with E-state index in [0.29, 0.717) is 0 Å². The second kappa shape index (κ2) is 3.32. The van der Waals surface area contributed by atoms with Gasteiger partial charge in [0.25, 0.3) is 0 Å². The molecule has 0 bridgehead atoms. The number of halogens is 3. The van der Waals surface area contributed by atoms with E-state index in [1.807, 2.05) is 22.6 Å². The molecule has 0 radical (unpaired) electrons. The second-order valence-corrected chi connectivity index (χ2v) is 4.56. The van der Waals surface area contributed by atoms with Gasteiger partial charge in [-0.1, -0.05) is 29.5 Å². The van der Waals surface area contributed by atoms with Crippen LogP contribution in [0.4, 0.5) is 8.78 Å². The first-order valence-electron chi connectivity index (χ1n) is 3.55. The largest absolute Gasteiger partial charge is 0.244 e. The average molecular weight is 260 g/mol. The lowest BCUT2D eigenvalue weighted by atomic mass is 9.88. The summed E-state index contributed by atoms with van der Waals surface area (Å²) in [4.78, 5) is 0. The molecule has 4 unspecified atom stereocenters. The highest BCUT2D eigenvalue weighted by atomic mass is 127. The molecule has 1 aliphatic rings. The van der Waals surface area contributed by atoms with E-state index in [2.05, 4.69) is 0 Å². The zero-order valence-electron chi connectivity index (χ0n) is 5.86. The number of hydrogen-bond acceptors (Lipinski definition) is 0. The molecule has 1 aliphatic carbocycles. The second-order valence-electron chi connectivity index (χ2n) is 2.96. The third kappa shape index (κ3) is 1.60. The van der Waals surface area contributed by atoms with Crippen molar-refractivity contribution in [3.8, 4) is 0 Å². The summed E-state index contributed by atoms with van der Waals surface area (Å²) >= 11 is 1.99. The van der Waals surface area contributed by atoms with Crippen LogP contribution in [0.3, 0.4) is 0 Å². The summed E-state index contributed by atoms with van der Waals surface area (Å²) in [5, 5.41) is 0. The molecule has 0 nitrogen and oxygen atoms in total. The van der Waals surface area contributed by atoms with Crippen LogP contribution in [0.15, 0.2) is 0 Å². The lowest BCUT2D eigenvalue weighted by Gasteiger charge is -2.29. The standard InChI is InChI=1S/C7H11F2I/c1-4-2-3-5(10)7(9)6(4)8/h4-7H,2-3H2,1H3. The molecule has 0 aliphatic heterocycles. The van der Waals surface area contributed by atoms with Gasteiger partial charge in [0.1, 0.15) is 12.3 Å². The molecule has 0 aromatic rings. The highest BCUT2D eigenvalue weighted by Crippen LogP contribution is 2.33. The smallest absolute Gasteiger partial charge is 0.143 e. The van der Waals surface area contributed by atoms with Gasteiger partial charge < -0.3 is 0 Å². The van der Waals surface area contributed by atoms with Crippen LogP contribution in [-0.2, 0) is 0 Å². The van der Waals surface area contributed by atoms with E-state index in [0.717, 1.165) is 12.8 Å². The fourth-order valence-corrected chi connectivity index (χ4v) is 2.01. The van der Waals surface area contributed by atoms with Crippen LogP contribution >= 0.6 is 22.6 Å². The number of rotatable bonds is 0. The highest BCUT2D eigenvalue weighted by molar-refractivity contribution is 14.1. The first-order valence-corrected chi connectivity index (χ1v) is 4.79. The van der Waals surface area contributed by atoms with Gasteiger partial charge in [-0.3, -0.25) is 0 Å². The molecule has 10 heavy (non-hydrogen) atoms. The minimum absolute atomic E-state index is 0.0824. The van der Waals surface area contributed by atoms with Crippen molar-refractivity contribution >= 4 is 22.6 Å². The molecule has 4 atom stereocenters. The number of alkyl halides is 3. The van der Waals surface area contributed by atoms with Crippen LogP contribution in [0.1, 0.15) is 19.8 Å². The Balaban J connectivity index is 2.52. The fourth-order valence-electron chi connectivity index (χ4n) is 1.25. The molecule has 0 saturated heterocycles. The van der Waals surface area contributed by atoms with Crippen LogP contribution < -0.4 is 0 Å². The maximum absolute atomic E-state index is 12.8. The van der Waals surface area contributed by atoms with Crippen LogP contribution in [0.5, 0.6) is 0 Å². The molecule has 3 heteroatoms. The monoisotopic (exact) mass is 260 g/mol. The first-order chi connectivity index (χ1) is 4.63. The first kappa shape index (κ1) is 8.68. The predicted octanol–water partition coefficient (Wildman–Crippen LogP) is 2.90. The van der Waals surface area contributed by atoms with Crippen molar-refractivity contribution in [2.45, 2.75) is 36.0 Å². The van der Waals surface area contributed by atoms with Gasteiger partial charge in [-0.2, -0.15) is 0 Å². The lowest BCUT2D eigenvalue weighted by molar-refractivity contribution is 0.0841. The van der Waals surface area contributed by atoms with Crippen molar-refractivity contribution in [3.05, 3.63) is 0 Å². The van der Waals surface area contributed by atoms with E-state index in [1.54, 1.807) is 6.92 Å². The van der Waals surface area contributed by atoms with Gasteiger partial charge in [0, 0.05) is 3.92 Å². The van der Waals surface area contributed by atoms with Crippen molar-refractivity contribution in [2.75, 3.05) is 0 Å². The normalized spacial score (nSPS) is 49.2. The van der Waals surface area contributed by atoms with E-state index in [4.69, 9.17) is 0 Å². The van der Waals surface area contributed by atoms with Crippen LogP contribution in [0.2, 0.25) is 0 Å². The SMILES string of the molecule is CC1CCC(I)C(F)C1F. The Morgan fingerprint density at radius 2 is 1.80 bits per heavy atom. The van der Waals surface area contributed by atoms with Crippen LogP contribution in [0, 0.1) is 5.92 Å². The fraction of sp³-hybridized carbons (Fsp3) is 1.00. The molecule has 0 spiro atoms. The molecule has 0 aromatic heterocycles. The summed E-state index contributed by atoms with van der Waals surface area (Å²) in [6.45, 7) is 1.78. The number of hydrogen-bond donors (Lipinski definition) is 0. The Hall–Kier alpha value is 0.590. The maximum atomic E-state index is 12.8. The van der Waals surface area contributed by atoms with Gasteiger partial charge in [0.05, 0.1) is 0 Å². The Morgan fingerprint density at radius 3 is 2.30 bits per heavy atom. The molecule has 60 valence electrons. The quantitative estimate of drug-likeness (QED) is 0.464. The highest BCUT2D eigenvalue weighted by Gasteiger charge is 2.36. The molecule has 0 aromatic carbocycles. The van der Waals surface area contributed by atoms with Gasteiger partial charge >= 0.3 is 0 Å². The topological polar surface area (TPSA) is 0 Å². The zero-order valence-corrected chi connectivity index (χ0v) is 8.02. The van der Waals surface area contributed by atoms with E-state index in [-0.39, 0.29) is 9.84 Å². The van der Waals surface area contributed by atoms with E-state index in [1.165, 1.54) is 0 Å². The summed E-state index contributed by atoms with van der Waals surface area (Å²) in [6, 6.07) is 0. The van der Waals surface area contributed by atoms with Gasteiger partial charge in [-0.05, 0) is 18.8 Å². The van der Waals surface area contributed by atoms with Gasteiger partial charge in [-0.15, -0.1) is 0 Å². The molecule has 0 amide bonds. The summed E-state index contributed by atoms with van der Waals surface area (Å²) in [5.74, 6) is -0.0824. The summed E-state index contributed by atoms with van der Waals surface area (Å²) < 4.78 is 25.6. The zero-order chi connectivity index (χ0) is 7.72. The minimum atomic E-state index is -1.23. The summed E-state index contributed by atoms with van der Waals surface area (Å²) in [5.41, 5.74) is 0. The average Bonchev–Trinajstić information content (AvgIpc) is 1.93. The molecule has 0 heterocycles. The summed E-state index contributed by atoms with van der Waals surface area (Å²) in [6.07, 6.45) is -0.807. The van der Waals surface area contributed by atoms with Crippen molar-refractivity contribution in [1.82, 2.24) is 0 Å². The third-order valence-electron chi connectivity index (χ3n) is 2.09. The third-order valence-corrected chi connectivity index (χ3v) is 3.40. The molecule has 1 saturated carbocycles. The Kier molecular flexibility index (Phi) is 2.89. The maximum Gasteiger partial charge on any atom is 0.143 e. The van der Waals surface area contributed by atoms with Crippen molar-refractivity contribution in [2.24, 2.45) is 5.92 Å². The summed E-state index contributed by atoms with van der Waals surface area (Å²) in [7, 11) is 0. The minimum Gasteiger partial charge on any atom is -0.244 e. The van der Waals surface area contributed by atoms with Gasteiger partial charge in [0.2, 0.25) is 0 Å². The van der Waals surface area contributed by atoms with Crippen LogP contribution in [-0.4, -0.2) is 16.3 Å². The molecule has 1 fully saturated rings. The van der Waals surface area contributed by atoms with E-state index in [9.17, 15) is 8.78 Å². The van der Waals surface area contributed by atoms with Gasteiger partial charge in [0.15, 0.2) is 0 Å². The van der Waals surface area contributed by atoms with E-state index >= 15 is 0 Å². The molecule has 1 rings (SSSR count). The Labute approximate surface area is 73.5 Å². The van der Waals surface area contributed by atoms with Crippen molar-refractivity contribution < 1.29 is 8.78 Å². The van der Waals surface area contributed by atoms with Gasteiger partial charge in [-0.25, -0.2) is 8.78 Å². The molecular weight excluding hydrogens is 249 g/mol. The van der Waals surface area contributed by atoms with Crippen molar-refractivity contribution in [1.29, 1.82) is 0 Å². The predicted molar refractivity (Wildman–Crippen MR) is 46.0 cm³/mol. The molecule has 0 N–H and O–H groups in total. The van der Waals surface area contributed by atoms with Crippen LogP contribution in [0.25, 0.3) is 0 Å².